The van der Waals surface area contributed by atoms with Gasteiger partial charge in [0.1, 0.15) is 0 Å². The third kappa shape index (κ3) is 5120. The third-order valence-corrected chi connectivity index (χ3v) is 0.622. The van der Waals surface area contributed by atoms with E-state index in [2.05, 4.69) is 6.92 Å². The molecule has 0 fully saturated rings. The van der Waals surface area contributed by atoms with E-state index in [1.54, 1.807) is 0 Å². The van der Waals surface area contributed by atoms with Gasteiger partial charge in [-0.05, 0) is 20.3 Å². The Morgan fingerprint density at radius 3 is 0.960 bits per heavy atom. The summed E-state index contributed by atoms with van der Waals surface area (Å²) in [6.45, 7) is 6.17. The van der Waals surface area contributed by atoms with Crippen molar-refractivity contribution in [3.63, 3.8) is 0 Å². The van der Waals surface area contributed by atoms with Crippen LogP contribution in [0, 0.1) is 0 Å². The molecule has 0 amide bonds. The summed E-state index contributed by atoms with van der Waals surface area (Å²) in [7, 11) is 0. The van der Waals surface area contributed by atoms with Crippen LogP contribution < -0.4 is 34.0 Å². The molecule has 12 nitrogen and oxygen atoms in total. The van der Waals surface area contributed by atoms with Gasteiger partial charge in [-0.3, -0.25) is 9.59 Å². The van der Waals surface area contributed by atoms with E-state index in [4.69, 9.17) is 51.1 Å². The molecule has 0 radical (unpaired) electrons. The average molecular weight is 426 g/mol. The molecule has 0 atom stereocenters. The number of carbonyl (C=O) groups is 4. The molecule has 150 valence electrons. The van der Waals surface area contributed by atoms with Crippen molar-refractivity contribution in [2.75, 3.05) is 0 Å². The average Bonchev–Trinajstić information content (AvgIpc) is 2.12. The molecule has 0 spiro atoms. The van der Waals surface area contributed by atoms with Crippen LogP contribution in [0.1, 0.15) is 47.5 Å². The van der Waals surface area contributed by atoms with Crippen LogP contribution in [0.5, 0.6) is 0 Å². The van der Waals surface area contributed by atoms with Gasteiger partial charge in [0.15, 0.2) is 0 Å². The van der Waals surface area contributed by atoms with Crippen molar-refractivity contribution in [1.29, 1.82) is 0 Å². The minimum absolute atomic E-state index is 0. The van der Waals surface area contributed by atoms with Crippen LogP contribution in [-0.4, -0.2) is 40.3 Å². The molecular weight excluding hydrogens is 394 g/mol. The first-order valence-electron chi connectivity index (χ1n) is 5.95. The van der Waals surface area contributed by atoms with E-state index in [1.165, 1.54) is 0 Å². The summed E-state index contributed by atoms with van der Waals surface area (Å²) in [5.74, 6) is -3.83. The fourth-order valence-corrected chi connectivity index (χ4v) is 0.333. The van der Waals surface area contributed by atoms with E-state index >= 15 is 0 Å². The van der Waals surface area contributed by atoms with Crippen LogP contribution in [0.2, 0.25) is 0 Å². The van der Waals surface area contributed by atoms with E-state index in [0.717, 1.165) is 40.5 Å². The van der Waals surface area contributed by atoms with Crippen LogP contribution >= 0.6 is 0 Å². The molecule has 0 saturated carbocycles. The monoisotopic (exact) mass is 424 g/mol. The Morgan fingerprint density at radius 1 is 0.840 bits per heavy atom. The van der Waals surface area contributed by atoms with E-state index in [1.807, 2.05) is 0 Å². The van der Waals surface area contributed by atoms with Gasteiger partial charge >= 0.3 is 19.5 Å². The Labute approximate surface area is 160 Å². The number of hydrogen-bond donors (Lipinski definition) is 6. The molecule has 0 aliphatic heterocycles. The number of hydrogen-bond acceptors (Lipinski definition) is 10. The Hall–Kier alpha value is -1.66. The zero-order chi connectivity index (χ0) is 19.3. The molecule has 0 bridgehead atoms. The second-order valence-corrected chi connectivity index (χ2v) is 3.47. The van der Waals surface area contributed by atoms with Gasteiger partial charge < -0.3 is 53.8 Å². The van der Waals surface area contributed by atoms with Crippen molar-refractivity contribution < 1.29 is 59.1 Å². The summed E-state index contributed by atoms with van der Waals surface area (Å²) < 4.78 is 0. The molecule has 13 heteroatoms. The van der Waals surface area contributed by atoms with Crippen molar-refractivity contribution in [3.05, 3.63) is 0 Å². The minimum Gasteiger partial charge on any atom is -0.550 e. The van der Waals surface area contributed by atoms with Crippen molar-refractivity contribution in [3.8, 4) is 0 Å². The third-order valence-electron chi connectivity index (χ3n) is 0.622. The van der Waals surface area contributed by atoms with Crippen molar-refractivity contribution in [1.82, 2.24) is 12.3 Å². The van der Waals surface area contributed by atoms with Crippen molar-refractivity contribution in [2.24, 2.45) is 11.5 Å². The number of aliphatic carboxylic acids is 4. The molecule has 0 aliphatic rings. The Balaban J connectivity index is -0.0000000236. The van der Waals surface area contributed by atoms with Crippen LogP contribution in [0.25, 0.3) is 0 Å². The van der Waals surface area contributed by atoms with Crippen molar-refractivity contribution >= 4 is 23.9 Å². The van der Waals surface area contributed by atoms with Crippen LogP contribution in [-0.2, 0) is 38.7 Å². The molecule has 0 aromatic rings. The topological polar surface area (TPSA) is 277 Å². The smallest absolute Gasteiger partial charge is 0.550 e. The number of nitrogens with two attached hydrogens (primary N) is 2. The maximum atomic E-state index is 9.00. The van der Waals surface area contributed by atoms with E-state index in [0.29, 0.717) is 0 Å². The molecule has 0 saturated heterocycles. The van der Waals surface area contributed by atoms with Gasteiger partial charge in [0.2, 0.25) is 0 Å². The van der Waals surface area contributed by atoms with Gasteiger partial charge in [-0.2, -0.15) is 0 Å². The largest absolute Gasteiger partial charge is 2.00 e. The minimum atomic E-state index is -1.08. The number of carboxylic acids is 4. The standard InChI is InChI=1S/C4H12N2.4C2H4O2.2H3N.Zn/c1-2-3-4(5)6;4*1-2(3)4;;;/h4H,2-3,5-6H2,1H3;4*1H3,(H,3,4);2*1H3;/q;;;;;;;+2/p-2. The van der Waals surface area contributed by atoms with Gasteiger partial charge in [-0.25, -0.2) is 0 Å². The summed E-state index contributed by atoms with van der Waals surface area (Å²) in [4.78, 5) is 35.8. The molecule has 0 aliphatic carbocycles. The Kier molecular flexibility index (Phi) is 85.6. The van der Waals surface area contributed by atoms with Crippen LogP contribution in [0.4, 0.5) is 0 Å². The number of carbonyl (C=O) groups excluding carboxylic acids is 2. The predicted octanol–water partition coefficient (Wildman–Crippen LogP) is -1.95. The zero-order valence-electron chi connectivity index (χ0n) is 15.6. The normalized spacial score (nSPS) is 6.40. The summed E-state index contributed by atoms with van der Waals surface area (Å²) in [6, 6.07) is 0. The zero-order valence-corrected chi connectivity index (χ0v) is 18.6. The molecule has 0 aromatic carbocycles. The first-order chi connectivity index (χ1) is 9.70. The molecule has 0 heterocycles. The maximum absolute atomic E-state index is 9.00. The first-order valence-corrected chi connectivity index (χ1v) is 5.95. The molecule has 0 rings (SSSR count). The van der Waals surface area contributed by atoms with Gasteiger partial charge in [0, 0.05) is 25.8 Å². The van der Waals surface area contributed by atoms with E-state index in [9.17, 15) is 0 Å². The van der Waals surface area contributed by atoms with Gasteiger partial charge in [-0.1, -0.05) is 13.3 Å². The summed E-state index contributed by atoms with van der Waals surface area (Å²) in [5, 5.41) is 32.6. The van der Waals surface area contributed by atoms with E-state index in [-0.39, 0.29) is 37.9 Å². The van der Waals surface area contributed by atoms with Gasteiger partial charge in [0.05, 0.1) is 6.17 Å². The first kappa shape index (κ1) is 49.5. The molecule has 0 unspecified atom stereocenters. The van der Waals surface area contributed by atoms with Gasteiger partial charge in [-0.15, -0.1) is 0 Å². The molecule has 0 aromatic heterocycles. The second-order valence-electron chi connectivity index (χ2n) is 3.47. The summed E-state index contributed by atoms with van der Waals surface area (Å²) >= 11 is 0. The quantitative estimate of drug-likeness (QED) is 0.208. The second kappa shape index (κ2) is 43.2. The fourth-order valence-electron chi connectivity index (χ4n) is 0.333. The predicted molar refractivity (Wildman–Crippen MR) is 85.1 cm³/mol. The Morgan fingerprint density at radius 2 is 0.960 bits per heavy atom. The van der Waals surface area contributed by atoms with Gasteiger partial charge in [0.25, 0.3) is 11.9 Å². The SMILES string of the molecule is CC(=O)O.CC(=O)O.CC(=O)[O-].CC(=O)[O-].CCCC(N)N.N.N.[Zn+2]. The van der Waals surface area contributed by atoms with E-state index < -0.39 is 23.9 Å². The van der Waals surface area contributed by atoms with Crippen molar-refractivity contribution in [2.45, 2.75) is 53.6 Å². The fraction of sp³-hybridized carbons (Fsp3) is 0.667. The summed E-state index contributed by atoms with van der Waals surface area (Å²) in [5.41, 5.74) is 10.4. The number of rotatable bonds is 2. The molecular formula is C12H32N4O8Zn. The number of carboxylic acid groups (broad SMARTS) is 4. The molecule has 25 heavy (non-hydrogen) atoms. The summed E-state index contributed by atoms with van der Waals surface area (Å²) in [6.07, 6.45) is 1.91. The Bertz CT molecular complexity index is 241. The van der Waals surface area contributed by atoms with Crippen LogP contribution in [0.3, 0.4) is 0 Å². The molecule has 12 N–H and O–H groups in total. The van der Waals surface area contributed by atoms with Crippen LogP contribution in [0.15, 0.2) is 0 Å². The maximum Gasteiger partial charge on any atom is 2.00 e.